The van der Waals surface area contributed by atoms with Crippen LogP contribution in [0.2, 0.25) is 0 Å². The summed E-state index contributed by atoms with van der Waals surface area (Å²) >= 11 is 1.59. The lowest BCUT2D eigenvalue weighted by Crippen LogP contribution is -2.30. The molecule has 27 heavy (non-hydrogen) atoms. The van der Waals surface area contributed by atoms with Gasteiger partial charge in [-0.1, -0.05) is 6.07 Å². The van der Waals surface area contributed by atoms with Crippen LogP contribution in [0.25, 0.3) is 0 Å². The predicted molar refractivity (Wildman–Crippen MR) is 103 cm³/mol. The van der Waals surface area contributed by atoms with Gasteiger partial charge in [0.25, 0.3) is 5.91 Å². The Morgan fingerprint density at radius 3 is 2.67 bits per heavy atom. The highest BCUT2D eigenvalue weighted by Crippen LogP contribution is 2.23. The van der Waals surface area contributed by atoms with Gasteiger partial charge in [0.1, 0.15) is 11.5 Å². The van der Waals surface area contributed by atoms with E-state index in [1.165, 1.54) is 0 Å². The van der Waals surface area contributed by atoms with Gasteiger partial charge in [-0.05, 0) is 49.9 Å². The van der Waals surface area contributed by atoms with Crippen LogP contribution in [-0.2, 0) is 17.8 Å². The summed E-state index contributed by atoms with van der Waals surface area (Å²) in [4.78, 5) is 31.3. The third-order valence-electron chi connectivity index (χ3n) is 4.27. The van der Waals surface area contributed by atoms with E-state index in [4.69, 9.17) is 9.15 Å². The number of rotatable bonds is 7. The molecule has 1 N–H and O–H groups in total. The first-order valence-electron chi connectivity index (χ1n) is 8.71. The van der Waals surface area contributed by atoms with Crippen LogP contribution in [-0.4, -0.2) is 28.4 Å². The van der Waals surface area contributed by atoms with Crippen molar-refractivity contribution >= 4 is 23.2 Å². The summed E-state index contributed by atoms with van der Waals surface area (Å²) in [5.74, 6) is 0.0982. The fraction of sp³-hybridized carbons (Fsp3) is 0.300. The summed E-state index contributed by atoms with van der Waals surface area (Å²) in [6.45, 7) is 6.38. The average Bonchev–Trinajstić information content (AvgIpc) is 3.37. The van der Waals surface area contributed by atoms with Crippen molar-refractivity contribution in [1.82, 2.24) is 9.88 Å². The normalized spacial score (nSPS) is 10.8. The molecule has 3 heterocycles. The Balaban J connectivity index is 1.91. The number of H-pyrrole nitrogens is 1. The molecule has 0 bridgehead atoms. The minimum absolute atomic E-state index is 0.184. The summed E-state index contributed by atoms with van der Waals surface area (Å²) in [5, 5.41) is 1.98. The monoisotopic (exact) mass is 386 g/mol. The fourth-order valence-electron chi connectivity index (χ4n) is 3.01. The molecule has 0 unspecified atom stereocenters. The van der Waals surface area contributed by atoms with Crippen LogP contribution in [0.1, 0.15) is 49.7 Å². The van der Waals surface area contributed by atoms with Gasteiger partial charge in [0.05, 0.1) is 31.5 Å². The van der Waals surface area contributed by atoms with E-state index >= 15 is 0 Å². The summed E-state index contributed by atoms with van der Waals surface area (Å²) < 4.78 is 10.5. The lowest BCUT2D eigenvalue weighted by Gasteiger charge is -2.21. The first-order valence-corrected chi connectivity index (χ1v) is 9.59. The molecule has 0 spiro atoms. The van der Waals surface area contributed by atoms with Gasteiger partial charge in [0.2, 0.25) is 0 Å². The number of nitrogens with zero attached hydrogens (tertiary/aromatic N) is 1. The molecule has 3 rings (SSSR count). The number of hydrogen-bond donors (Lipinski definition) is 1. The molecule has 0 aliphatic rings. The Morgan fingerprint density at radius 2 is 2.04 bits per heavy atom. The van der Waals surface area contributed by atoms with Crippen LogP contribution in [0, 0.1) is 13.8 Å². The largest absolute Gasteiger partial charge is 0.467 e. The van der Waals surface area contributed by atoms with E-state index in [2.05, 4.69) is 4.98 Å². The maximum Gasteiger partial charge on any atom is 0.340 e. The van der Waals surface area contributed by atoms with Crippen LogP contribution in [0.4, 0.5) is 0 Å². The first kappa shape index (κ1) is 19.0. The van der Waals surface area contributed by atoms with Gasteiger partial charge >= 0.3 is 5.97 Å². The number of carbonyl (C=O) groups excluding carboxylic acids is 2. The molecular formula is C20H22N2O4S. The number of nitrogens with one attached hydrogen (secondary N) is 1. The number of carbonyl (C=O) groups is 2. The molecule has 3 aromatic heterocycles. The summed E-state index contributed by atoms with van der Waals surface area (Å²) in [5.41, 5.74) is 2.06. The van der Waals surface area contributed by atoms with Crippen molar-refractivity contribution in [2.45, 2.75) is 33.9 Å². The molecule has 0 radical (unpaired) electrons. The van der Waals surface area contributed by atoms with Crippen LogP contribution in [0.15, 0.2) is 40.3 Å². The molecule has 0 saturated carbocycles. The van der Waals surface area contributed by atoms with Gasteiger partial charge in [-0.3, -0.25) is 4.79 Å². The molecule has 7 heteroatoms. The maximum absolute atomic E-state index is 13.3. The number of aromatic nitrogens is 1. The van der Waals surface area contributed by atoms with E-state index in [0.29, 0.717) is 41.4 Å². The van der Waals surface area contributed by atoms with Crippen molar-refractivity contribution in [3.63, 3.8) is 0 Å². The first-order chi connectivity index (χ1) is 13.0. The number of hydrogen-bond acceptors (Lipinski definition) is 5. The second kappa shape index (κ2) is 8.26. The SMILES string of the molecule is CCOC(=O)c1c(C)[nH]c(C(=O)N(Cc2ccco2)Cc2cccs2)c1C. The molecule has 6 nitrogen and oxygen atoms in total. The molecule has 0 fully saturated rings. The molecule has 0 aliphatic carbocycles. The van der Waals surface area contributed by atoms with E-state index in [-0.39, 0.29) is 12.5 Å². The highest BCUT2D eigenvalue weighted by atomic mass is 32.1. The third kappa shape index (κ3) is 4.14. The Kier molecular flexibility index (Phi) is 5.81. The number of esters is 1. The zero-order valence-corrected chi connectivity index (χ0v) is 16.4. The minimum Gasteiger partial charge on any atom is -0.467 e. The van der Waals surface area contributed by atoms with Crippen molar-refractivity contribution in [2.75, 3.05) is 6.61 Å². The molecular weight excluding hydrogens is 364 g/mol. The summed E-state index contributed by atoms with van der Waals surface area (Å²) in [6, 6.07) is 7.58. The Labute approximate surface area is 161 Å². The summed E-state index contributed by atoms with van der Waals surface area (Å²) in [7, 11) is 0. The maximum atomic E-state index is 13.3. The van der Waals surface area contributed by atoms with Crippen molar-refractivity contribution < 1.29 is 18.7 Å². The smallest absolute Gasteiger partial charge is 0.340 e. The number of aryl methyl sites for hydroxylation is 1. The quantitative estimate of drug-likeness (QED) is 0.614. The molecule has 0 atom stereocenters. The second-order valence-corrected chi connectivity index (χ2v) is 7.20. The van der Waals surface area contributed by atoms with Crippen LogP contribution < -0.4 is 0 Å². The van der Waals surface area contributed by atoms with Crippen molar-refractivity contribution in [3.8, 4) is 0 Å². The van der Waals surface area contributed by atoms with Crippen molar-refractivity contribution in [3.05, 3.63) is 69.1 Å². The average molecular weight is 386 g/mol. The lowest BCUT2D eigenvalue weighted by molar-refractivity contribution is 0.0525. The van der Waals surface area contributed by atoms with Gasteiger partial charge in [0.15, 0.2) is 0 Å². The van der Waals surface area contributed by atoms with Gasteiger partial charge in [-0.25, -0.2) is 4.79 Å². The number of thiophene rings is 1. The topological polar surface area (TPSA) is 75.5 Å². The van der Waals surface area contributed by atoms with Crippen molar-refractivity contribution in [1.29, 1.82) is 0 Å². The van der Waals surface area contributed by atoms with Crippen LogP contribution in [0.5, 0.6) is 0 Å². The highest BCUT2D eigenvalue weighted by Gasteiger charge is 2.26. The Bertz CT molecular complexity index is 874. The molecule has 142 valence electrons. The second-order valence-electron chi connectivity index (χ2n) is 6.17. The third-order valence-corrected chi connectivity index (χ3v) is 5.13. The standard InChI is InChI=1S/C20H22N2O4S/c1-4-25-20(24)17-13(2)18(21-14(17)3)19(23)22(11-15-7-5-9-26-15)12-16-8-6-10-27-16/h5-10,21H,4,11-12H2,1-3H3. The van der Waals surface area contributed by atoms with E-state index in [9.17, 15) is 9.59 Å². The number of aromatic amines is 1. The lowest BCUT2D eigenvalue weighted by atomic mass is 10.1. The van der Waals surface area contributed by atoms with E-state index in [0.717, 1.165) is 4.88 Å². The van der Waals surface area contributed by atoms with Gasteiger partial charge in [-0.15, -0.1) is 11.3 Å². The van der Waals surface area contributed by atoms with Gasteiger partial charge < -0.3 is 19.0 Å². The fourth-order valence-corrected chi connectivity index (χ4v) is 3.73. The molecule has 3 aromatic rings. The Hall–Kier alpha value is -2.80. The minimum atomic E-state index is -0.418. The zero-order valence-electron chi connectivity index (χ0n) is 15.6. The van der Waals surface area contributed by atoms with Crippen LogP contribution >= 0.6 is 11.3 Å². The molecule has 0 saturated heterocycles. The van der Waals surface area contributed by atoms with Crippen LogP contribution in [0.3, 0.4) is 0 Å². The van der Waals surface area contributed by atoms with Crippen molar-refractivity contribution in [2.24, 2.45) is 0 Å². The number of furan rings is 1. The number of amides is 1. The van der Waals surface area contributed by atoms with Gasteiger partial charge in [-0.2, -0.15) is 0 Å². The van der Waals surface area contributed by atoms with Gasteiger partial charge in [0, 0.05) is 10.6 Å². The number of ether oxygens (including phenoxy) is 1. The Morgan fingerprint density at radius 1 is 1.22 bits per heavy atom. The predicted octanol–water partition coefficient (Wildman–Crippen LogP) is 4.31. The van der Waals surface area contributed by atoms with E-state index in [1.54, 1.807) is 49.3 Å². The molecule has 0 aromatic carbocycles. The van der Waals surface area contributed by atoms with E-state index < -0.39 is 5.97 Å². The molecule has 1 amide bonds. The summed E-state index contributed by atoms with van der Waals surface area (Å²) in [6.07, 6.45) is 1.59. The zero-order chi connectivity index (χ0) is 19.4. The molecule has 0 aliphatic heterocycles. The highest BCUT2D eigenvalue weighted by molar-refractivity contribution is 7.09. The van der Waals surface area contributed by atoms with E-state index in [1.807, 2.05) is 23.6 Å².